The van der Waals surface area contributed by atoms with Gasteiger partial charge in [0, 0.05) is 43.9 Å². The lowest BCUT2D eigenvalue weighted by Crippen LogP contribution is -2.27. The first-order chi connectivity index (χ1) is 11.6. The van der Waals surface area contributed by atoms with E-state index in [-0.39, 0.29) is 12.4 Å². The molecule has 1 rings (SSSR count). The van der Waals surface area contributed by atoms with E-state index in [4.69, 9.17) is 33.2 Å². The minimum Gasteiger partial charge on any atom is -0.425 e. The number of carbonyl (C=O) groups excluding carboxylic acids is 1. The number of ether oxygens (including phenoxy) is 2. The maximum Gasteiger partial charge on any atom is 0.308 e. The summed E-state index contributed by atoms with van der Waals surface area (Å²) >= 11 is 11.6. The van der Waals surface area contributed by atoms with Gasteiger partial charge < -0.3 is 14.4 Å². The Hall–Kier alpha value is -1.64. The fraction of sp³-hybridized carbons (Fsp3) is 0.529. The highest BCUT2D eigenvalue weighted by molar-refractivity contribution is 6.18. The number of aryl methyl sites for hydroxylation is 1. The molecule has 0 saturated carbocycles. The van der Waals surface area contributed by atoms with E-state index in [1.807, 2.05) is 24.3 Å². The molecule has 0 aliphatic heterocycles. The van der Waals surface area contributed by atoms with Crippen LogP contribution in [0.25, 0.3) is 0 Å². The first-order valence-electron chi connectivity index (χ1n) is 7.80. The summed E-state index contributed by atoms with van der Waals surface area (Å²) in [6, 6.07) is 8.15. The number of esters is 1. The van der Waals surface area contributed by atoms with Gasteiger partial charge in [-0.2, -0.15) is 5.26 Å². The highest BCUT2D eigenvalue weighted by atomic mass is 35.5. The van der Waals surface area contributed by atoms with Gasteiger partial charge in [-0.3, -0.25) is 4.79 Å². The second-order valence-corrected chi connectivity index (χ2v) is 5.91. The predicted octanol–water partition coefficient (Wildman–Crippen LogP) is 3.68. The molecule has 0 aliphatic rings. The molecule has 1 aromatic rings. The van der Waals surface area contributed by atoms with Crippen LogP contribution in [0.5, 0.6) is 0 Å². The van der Waals surface area contributed by atoms with Crippen LogP contribution in [-0.4, -0.2) is 37.1 Å². The van der Waals surface area contributed by atoms with Crippen LogP contribution in [0, 0.1) is 11.5 Å². The van der Waals surface area contributed by atoms with Crippen molar-refractivity contribution in [3.8, 4) is 6.26 Å². The summed E-state index contributed by atoms with van der Waals surface area (Å²) < 4.78 is 9.41. The Morgan fingerprint density at radius 1 is 1.25 bits per heavy atom. The lowest BCUT2D eigenvalue weighted by atomic mass is 10.1. The Labute approximate surface area is 153 Å². The minimum atomic E-state index is -0.836. The summed E-state index contributed by atoms with van der Waals surface area (Å²) in [6.07, 6.45) is 2.38. The average Bonchev–Trinajstić information content (AvgIpc) is 2.55. The van der Waals surface area contributed by atoms with Crippen molar-refractivity contribution in [3.63, 3.8) is 0 Å². The Bertz CT molecular complexity index is 526. The highest BCUT2D eigenvalue weighted by Crippen LogP contribution is 2.17. The molecule has 1 atom stereocenters. The van der Waals surface area contributed by atoms with E-state index in [0.29, 0.717) is 18.2 Å². The molecular weight excluding hydrogens is 351 g/mol. The molecular formula is C17H22Cl2N2O3. The first-order valence-corrected chi connectivity index (χ1v) is 8.87. The van der Waals surface area contributed by atoms with Gasteiger partial charge >= 0.3 is 5.97 Å². The Morgan fingerprint density at radius 2 is 1.88 bits per heavy atom. The molecule has 0 radical (unpaired) electrons. The van der Waals surface area contributed by atoms with Crippen molar-refractivity contribution in [1.29, 1.82) is 5.26 Å². The zero-order chi connectivity index (χ0) is 17.8. The molecule has 132 valence electrons. The van der Waals surface area contributed by atoms with E-state index < -0.39 is 6.29 Å². The van der Waals surface area contributed by atoms with E-state index in [1.54, 1.807) is 0 Å². The molecule has 0 bridgehead atoms. The van der Waals surface area contributed by atoms with E-state index >= 15 is 0 Å². The number of alkyl halides is 2. The Morgan fingerprint density at radius 3 is 2.42 bits per heavy atom. The fourth-order valence-corrected chi connectivity index (χ4v) is 2.63. The van der Waals surface area contributed by atoms with Crippen molar-refractivity contribution in [1.82, 2.24) is 0 Å². The maximum absolute atomic E-state index is 11.6. The zero-order valence-electron chi connectivity index (χ0n) is 13.7. The second kappa shape index (κ2) is 11.8. The summed E-state index contributed by atoms with van der Waals surface area (Å²) in [4.78, 5) is 13.7. The topological polar surface area (TPSA) is 62.6 Å². The summed E-state index contributed by atoms with van der Waals surface area (Å²) in [6.45, 7) is 3.01. The summed E-state index contributed by atoms with van der Waals surface area (Å²) in [7, 11) is 0. The van der Waals surface area contributed by atoms with Gasteiger partial charge in [0.2, 0.25) is 0 Å². The molecule has 0 aliphatic carbocycles. The van der Waals surface area contributed by atoms with Gasteiger partial charge in [0.15, 0.2) is 0 Å². The van der Waals surface area contributed by atoms with E-state index in [1.165, 1.54) is 13.2 Å². The molecule has 1 unspecified atom stereocenters. The smallest absolute Gasteiger partial charge is 0.308 e. The number of nitriles is 1. The molecule has 0 spiro atoms. The summed E-state index contributed by atoms with van der Waals surface area (Å²) in [5.74, 6) is 0.730. The second-order valence-electron chi connectivity index (χ2n) is 5.15. The van der Waals surface area contributed by atoms with Crippen molar-refractivity contribution >= 4 is 34.9 Å². The molecule has 0 aromatic heterocycles. The van der Waals surface area contributed by atoms with Crippen LogP contribution >= 0.6 is 23.2 Å². The number of hydrogen-bond acceptors (Lipinski definition) is 5. The molecule has 0 saturated heterocycles. The monoisotopic (exact) mass is 372 g/mol. The quantitative estimate of drug-likeness (QED) is 0.256. The summed E-state index contributed by atoms with van der Waals surface area (Å²) in [5.41, 5.74) is 2.23. The van der Waals surface area contributed by atoms with Gasteiger partial charge in [-0.1, -0.05) is 12.1 Å². The standard InChI is InChI=1S/C17H22Cl2N2O3/c1-14(23-13-20)24-17(22)4-2-3-15-5-7-16(8-6-15)21(11-9-18)12-10-19/h5-8,14H,2-4,9-12H2,1H3. The number of hydrogen-bond donors (Lipinski definition) is 0. The van der Waals surface area contributed by atoms with Crippen LogP contribution in [0.1, 0.15) is 25.3 Å². The molecule has 0 fully saturated rings. The highest BCUT2D eigenvalue weighted by Gasteiger charge is 2.10. The van der Waals surface area contributed by atoms with Gasteiger partial charge in [0.25, 0.3) is 12.5 Å². The third-order valence-corrected chi connectivity index (χ3v) is 3.71. The number of halogens is 2. The van der Waals surface area contributed by atoms with Crippen LogP contribution in [0.3, 0.4) is 0 Å². The SMILES string of the molecule is CC(OC#N)OC(=O)CCCc1ccc(N(CCCl)CCCl)cc1. The molecule has 5 nitrogen and oxygen atoms in total. The number of rotatable bonds is 11. The third kappa shape index (κ3) is 7.76. The number of benzene rings is 1. The van der Waals surface area contributed by atoms with Crippen LogP contribution in [0.15, 0.2) is 24.3 Å². The number of carbonyl (C=O) groups is 1. The molecule has 1 aromatic carbocycles. The van der Waals surface area contributed by atoms with E-state index in [0.717, 1.165) is 30.8 Å². The van der Waals surface area contributed by atoms with Gasteiger partial charge in [-0.25, -0.2) is 0 Å². The lowest BCUT2D eigenvalue weighted by Gasteiger charge is -2.23. The van der Waals surface area contributed by atoms with Gasteiger partial charge in [0.05, 0.1) is 0 Å². The third-order valence-electron chi connectivity index (χ3n) is 3.37. The molecule has 0 N–H and O–H groups in total. The van der Waals surface area contributed by atoms with Crippen LogP contribution in [0.2, 0.25) is 0 Å². The van der Waals surface area contributed by atoms with Gasteiger partial charge in [-0.15, -0.1) is 23.2 Å². The molecule has 0 heterocycles. The Kier molecular flexibility index (Phi) is 10.1. The largest absolute Gasteiger partial charge is 0.425 e. The maximum atomic E-state index is 11.6. The van der Waals surface area contributed by atoms with Gasteiger partial charge in [0.1, 0.15) is 0 Å². The molecule has 7 heteroatoms. The fourth-order valence-electron chi connectivity index (χ4n) is 2.23. The Balaban J connectivity index is 2.41. The molecule has 24 heavy (non-hydrogen) atoms. The van der Waals surface area contributed by atoms with Crippen LogP contribution < -0.4 is 4.90 Å². The minimum absolute atomic E-state index is 0.283. The van der Waals surface area contributed by atoms with Crippen molar-refractivity contribution < 1.29 is 14.3 Å². The zero-order valence-corrected chi connectivity index (χ0v) is 15.2. The summed E-state index contributed by atoms with van der Waals surface area (Å²) in [5, 5.41) is 8.32. The van der Waals surface area contributed by atoms with Crippen LogP contribution in [-0.2, 0) is 20.7 Å². The lowest BCUT2D eigenvalue weighted by molar-refractivity contribution is -0.164. The normalized spacial score (nSPS) is 11.4. The van der Waals surface area contributed by atoms with Gasteiger partial charge in [-0.05, 0) is 30.5 Å². The van der Waals surface area contributed by atoms with Crippen LogP contribution in [0.4, 0.5) is 5.69 Å². The van der Waals surface area contributed by atoms with Crippen molar-refractivity contribution in [2.24, 2.45) is 0 Å². The van der Waals surface area contributed by atoms with E-state index in [2.05, 4.69) is 9.64 Å². The van der Waals surface area contributed by atoms with Crippen molar-refractivity contribution in [2.45, 2.75) is 32.5 Å². The number of anilines is 1. The molecule has 0 amide bonds. The van der Waals surface area contributed by atoms with Crippen molar-refractivity contribution in [3.05, 3.63) is 29.8 Å². The average molecular weight is 373 g/mol. The van der Waals surface area contributed by atoms with Crippen molar-refractivity contribution in [2.75, 3.05) is 29.7 Å². The first kappa shape index (κ1) is 20.4. The predicted molar refractivity (Wildman–Crippen MR) is 95.3 cm³/mol. The number of nitrogens with zero attached hydrogens (tertiary/aromatic N) is 2. The van der Waals surface area contributed by atoms with E-state index in [9.17, 15) is 4.79 Å².